The Balaban J connectivity index is 0.000000165. The van der Waals surface area contributed by atoms with Crippen LogP contribution in [0.1, 0.15) is 32.6 Å². The molecule has 2 aliphatic rings. The summed E-state index contributed by atoms with van der Waals surface area (Å²) in [5.74, 6) is -1.21. The van der Waals surface area contributed by atoms with E-state index >= 15 is 0 Å². The smallest absolute Gasteiger partial charge is 0.351 e. The topological polar surface area (TPSA) is 99.2 Å². The van der Waals surface area contributed by atoms with Crippen LogP contribution < -0.4 is 5.32 Å². The number of carboxylic acids is 1. The van der Waals surface area contributed by atoms with Crippen LogP contribution in [0.25, 0.3) is 0 Å². The molecule has 1 unspecified atom stereocenters. The van der Waals surface area contributed by atoms with Gasteiger partial charge in [-0.15, -0.1) is 0 Å². The van der Waals surface area contributed by atoms with Crippen molar-refractivity contribution in [1.82, 2.24) is 5.32 Å². The number of carbonyl (C=O) groups excluding carboxylic acids is 1. The third-order valence-corrected chi connectivity index (χ3v) is 2.50. The standard InChI is InChI=1S/C5H9NO3.C5H8O2/c7-4(8)5(9)2-1-3-6-5;1-2-3-4-5(6)7-4/h6,9H,1-3H2,(H,7,8);4H,2-3H2,1H3/t5-;/m1./s1. The minimum atomic E-state index is -1.64. The van der Waals surface area contributed by atoms with Crippen molar-refractivity contribution in [3.05, 3.63) is 0 Å². The third kappa shape index (κ3) is 3.46. The van der Waals surface area contributed by atoms with Crippen LogP contribution in [-0.4, -0.2) is 40.5 Å². The summed E-state index contributed by atoms with van der Waals surface area (Å²) in [5, 5.41) is 19.9. The van der Waals surface area contributed by atoms with Gasteiger partial charge in [0, 0.05) is 6.42 Å². The number of carbonyl (C=O) groups is 2. The fraction of sp³-hybridized carbons (Fsp3) is 0.800. The lowest BCUT2D eigenvalue weighted by atomic mass is 10.2. The van der Waals surface area contributed by atoms with E-state index in [1.54, 1.807) is 0 Å². The van der Waals surface area contributed by atoms with Crippen LogP contribution in [0.4, 0.5) is 0 Å². The molecule has 2 atom stereocenters. The minimum Gasteiger partial charge on any atom is -0.478 e. The van der Waals surface area contributed by atoms with Crippen LogP contribution in [0.3, 0.4) is 0 Å². The second kappa shape index (κ2) is 5.27. The van der Waals surface area contributed by atoms with Crippen molar-refractivity contribution in [3.63, 3.8) is 0 Å². The molecule has 16 heavy (non-hydrogen) atoms. The number of nitrogens with one attached hydrogen (secondary N) is 1. The Morgan fingerprint density at radius 3 is 2.50 bits per heavy atom. The van der Waals surface area contributed by atoms with Crippen molar-refractivity contribution in [2.75, 3.05) is 6.54 Å². The van der Waals surface area contributed by atoms with E-state index in [1.807, 2.05) is 6.92 Å². The molecule has 3 N–H and O–H groups in total. The molecule has 0 bridgehead atoms. The van der Waals surface area contributed by atoms with Gasteiger partial charge in [-0.05, 0) is 19.4 Å². The highest BCUT2D eigenvalue weighted by Crippen LogP contribution is 2.17. The minimum absolute atomic E-state index is 0.0231. The molecule has 0 aromatic carbocycles. The van der Waals surface area contributed by atoms with Crippen molar-refractivity contribution in [2.24, 2.45) is 0 Å². The SMILES string of the molecule is CCCC1OC1=O.O=C(O)[C@]1(O)CCCN1. The third-order valence-electron chi connectivity index (χ3n) is 2.50. The molecule has 2 heterocycles. The van der Waals surface area contributed by atoms with Gasteiger partial charge in [-0.25, -0.2) is 9.59 Å². The van der Waals surface area contributed by atoms with Gasteiger partial charge in [-0.2, -0.15) is 0 Å². The second-order valence-electron chi connectivity index (χ2n) is 3.91. The van der Waals surface area contributed by atoms with Gasteiger partial charge in [0.15, 0.2) is 6.10 Å². The predicted molar refractivity (Wildman–Crippen MR) is 54.6 cm³/mol. The molecule has 0 aromatic heterocycles. The number of aliphatic carboxylic acids is 1. The average Bonchev–Trinajstić information content (AvgIpc) is 2.75. The highest BCUT2D eigenvalue weighted by atomic mass is 16.6. The molecule has 2 fully saturated rings. The maximum atomic E-state index is 10.2. The molecule has 0 amide bonds. The van der Waals surface area contributed by atoms with E-state index in [1.165, 1.54) is 0 Å². The van der Waals surface area contributed by atoms with E-state index in [-0.39, 0.29) is 12.1 Å². The maximum Gasteiger partial charge on any atom is 0.351 e. The number of ether oxygens (including phenoxy) is 1. The molecule has 92 valence electrons. The van der Waals surface area contributed by atoms with E-state index < -0.39 is 11.7 Å². The lowest BCUT2D eigenvalue weighted by Crippen LogP contribution is -2.47. The fourth-order valence-corrected chi connectivity index (χ4v) is 1.46. The molecular formula is C10H17NO5. The largest absolute Gasteiger partial charge is 0.478 e. The van der Waals surface area contributed by atoms with Crippen LogP contribution in [0, 0.1) is 0 Å². The second-order valence-corrected chi connectivity index (χ2v) is 3.91. The summed E-state index contributed by atoms with van der Waals surface area (Å²) < 4.78 is 4.52. The first kappa shape index (κ1) is 12.9. The summed E-state index contributed by atoms with van der Waals surface area (Å²) >= 11 is 0. The summed E-state index contributed by atoms with van der Waals surface area (Å²) in [7, 11) is 0. The van der Waals surface area contributed by atoms with Gasteiger partial charge in [0.2, 0.25) is 5.72 Å². The number of cyclic esters (lactones) is 1. The van der Waals surface area contributed by atoms with Crippen molar-refractivity contribution in [2.45, 2.75) is 44.4 Å². The average molecular weight is 231 g/mol. The molecule has 0 aliphatic carbocycles. The van der Waals surface area contributed by atoms with Crippen LogP contribution in [-0.2, 0) is 14.3 Å². The van der Waals surface area contributed by atoms with E-state index in [0.717, 1.165) is 19.3 Å². The zero-order valence-corrected chi connectivity index (χ0v) is 9.23. The summed E-state index contributed by atoms with van der Waals surface area (Å²) in [6.45, 7) is 2.62. The van der Waals surface area contributed by atoms with Gasteiger partial charge in [0.05, 0.1) is 0 Å². The molecule has 2 rings (SSSR count). The molecule has 6 nitrogen and oxygen atoms in total. The van der Waals surface area contributed by atoms with Crippen molar-refractivity contribution < 1.29 is 24.5 Å². The molecule has 2 aliphatic heterocycles. The number of rotatable bonds is 3. The number of aliphatic hydroxyl groups is 1. The van der Waals surface area contributed by atoms with E-state index in [0.29, 0.717) is 13.0 Å². The van der Waals surface area contributed by atoms with E-state index in [9.17, 15) is 9.59 Å². The monoisotopic (exact) mass is 231 g/mol. The summed E-state index contributed by atoms with van der Waals surface area (Å²) in [4.78, 5) is 20.3. The lowest BCUT2D eigenvalue weighted by molar-refractivity contribution is -0.160. The summed E-state index contributed by atoms with van der Waals surface area (Å²) in [6, 6.07) is 0. The number of hydrogen-bond acceptors (Lipinski definition) is 5. The molecule has 0 aromatic rings. The number of epoxide rings is 1. The van der Waals surface area contributed by atoms with Gasteiger partial charge < -0.3 is 14.9 Å². The van der Waals surface area contributed by atoms with Crippen LogP contribution in [0.5, 0.6) is 0 Å². The Labute approximate surface area is 93.6 Å². The predicted octanol–water partition coefficient (Wildman–Crippen LogP) is -0.145. The normalized spacial score (nSPS) is 31.4. The number of hydrogen-bond donors (Lipinski definition) is 3. The Hall–Kier alpha value is -1.14. The first-order valence-electron chi connectivity index (χ1n) is 5.41. The zero-order valence-electron chi connectivity index (χ0n) is 9.23. The quantitative estimate of drug-likeness (QED) is 0.584. The molecule has 0 spiro atoms. The first-order valence-corrected chi connectivity index (χ1v) is 5.41. The fourth-order valence-electron chi connectivity index (χ4n) is 1.46. The zero-order chi connectivity index (χ0) is 12.2. The Morgan fingerprint density at radius 2 is 2.31 bits per heavy atom. The molecular weight excluding hydrogens is 214 g/mol. The van der Waals surface area contributed by atoms with Crippen LogP contribution >= 0.6 is 0 Å². The van der Waals surface area contributed by atoms with Gasteiger partial charge >= 0.3 is 11.9 Å². The molecule has 0 radical (unpaired) electrons. The highest BCUT2D eigenvalue weighted by molar-refractivity contribution is 5.87. The van der Waals surface area contributed by atoms with Gasteiger partial charge in [-0.3, -0.25) is 5.32 Å². The van der Waals surface area contributed by atoms with Crippen LogP contribution in [0.2, 0.25) is 0 Å². The van der Waals surface area contributed by atoms with Crippen molar-refractivity contribution in [3.8, 4) is 0 Å². The maximum absolute atomic E-state index is 10.2. The lowest BCUT2D eigenvalue weighted by Gasteiger charge is -2.15. The number of carboxylic acid groups (broad SMARTS) is 1. The highest BCUT2D eigenvalue weighted by Gasteiger charge is 2.38. The van der Waals surface area contributed by atoms with Gasteiger partial charge in [0.25, 0.3) is 0 Å². The first-order chi connectivity index (χ1) is 7.49. The van der Waals surface area contributed by atoms with Crippen molar-refractivity contribution in [1.29, 1.82) is 0 Å². The Bertz CT molecular complexity index is 272. The van der Waals surface area contributed by atoms with E-state index in [4.69, 9.17) is 10.2 Å². The van der Waals surface area contributed by atoms with Crippen molar-refractivity contribution >= 4 is 11.9 Å². The van der Waals surface area contributed by atoms with Crippen LogP contribution in [0.15, 0.2) is 0 Å². The molecule has 0 saturated carbocycles. The molecule has 2 saturated heterocycles. The Kier molecular flexibility index (Phi) is 4.26. The van der Waals surface area contributed by atoms with Gasteiger partial charge in [0.1, 0.15) is 0 Å². The Morgan fingerprint density at radius 1 is 1.69 bits per heavy atom. The van der Waals surface area contributed by atoms with Gasteiger partial charge in [-0.1, -0.05) is 13.3 Å². The molecule has 6 heteroatoms. The van der Waals surface area contributed by atoms with E-state index in [2.05, 4.69) is 10.1 Å². The summed E-state index contributed by atoms with van der Waals surface area (Å²) in [5.41, 5.74) is -1.64. The summed E-state index contributed by atoms with van der Waals surface area (Å²) in [6.07, 6.45) is 2.95.